The maximum Gasteiger partial charge on any atom is 0.123 e. The predicted molar refractivity (Wildman–Crippen MR) is 62.4 cm³/mol. The lowest BCUT2D eigenvalue weighted by atomic mass is 10.1. The molecular weight excluding hydrogens is 189 g/mol. The van der Waals surface area contributed by atoms with E-state index >= 15 is 0 Å². The van der Waals surface area contributed by atoms with Crippen LogP contribution in [0.4, 0.5) is 4.39 Å². The third-order valence-electron chi connectivity index (χ3n) is 2.26. The first kappa shape index (κ1) is 12.2. The van der Waals surface area contributed by atoms with Gasteiger partial charge in [-0.2, -0.15) is 0 Å². The Morgan fingerprint density at radius 1 is 1.33 bits per heavy atom. The van der Waals surface area contributed by atoms with E-state index in [4.69, 9.17) is 0 Å². The molecule has 0 unspecified atom stereocenters. The molecule has 15 heavy (non-hydrogen) atoms. The van der Waals surface area contributed by atoms with Gasteiger partial charge >= 0.3 is 0 Å². The molecule has 0 radical (unpaired) electrons. The zero-order valence-corrected chi connectivity index (χ0v) is 9.59. The third-order valence-corrected chi connectivity index (χ3v) is 2.26. The summed E-state index contributed by atoms with van der Waals surface area (Å²) in [4.78, 5) is 0. The van der Waals surface area contributed by atoms with Gasteiger partial charge in [0.15, 0.2) is 0 Å². The van der Waals surface area contributed by atoms with Gasteiger partial charge in [0.2, 0.25) is 0 Å². The van der Waals surface area contributed by atoms with E-state index < -0.39 is 0 Å². The van der Waals surface area contributed by atoms with Gasteiger partial charge < -0.3 is 5.32 Å². The van der Waals surface area contributed by atoms with Crippen LogP contribution in [-0.2, 0) is 6.42 Å². The van der Waals surface area contributed by atoms with Crippen LogP contribution in [0.1, 0.15) is 25.8 Å². The average Bonchev–Trinajstić information content (AvgIpc) is 2.17. The summed E-state index contributed by atoms with van der Waals surface area (Å²) in [6.45, 7) is 6.46. The van der Waals surface area contributed by atoms with Gasteiger partial charge in [0, 0.05) is 0 Å². The second kappa shape index (κ2) is 6.57. The van der Waals surface area contributed by atoms with Crippen LogP contribution in [0.5, 0.6) is 0 Å². The van der Waals surface area contributed by atoms with Crippen molar-refractivity contribution in [1.82, 2.24) is 5.32 Å². The van der Waals surface area contributed by atoms with Crippen molar-refractivity contribution in [1.29, 1.82) is 0 Å². The molecule has 1 rings (SSSR count). The molecule has 2 heteroatoms. The van der Waals surface area contributed by atoms with Gasteiger partial charge in [0.05, 0.1) is 0 Å². The fourth-order valence-corrected chi connectivity index (χ4v) is 1.50. The van der Waals surface area contributed by atoms with Crippen molar-refractivity contribution in [3.05, 3.63) is 35.6 Å². The molecule has 1 aromatic carbocycles. The number of aryl methyl sites for hydroxylation is 1. The summed E-state index contributed by atoms with van der Waals surface area (Å²) in [5, 5.41) is 3.38. The zero-order valence-electron chi connectivity index (χ0n) is 9.59. The highest BCUT2D eigenvalue weighted by Crippen LogP contribution is 2.05. The highest BCUT2D eigenvalue weighted by molar-refractivity contribution is 5.16. The van der Waals surface area contributed by atoms with Crippen molar-refractivity contribution in [3.63, 3.8) is 0 Å². The van der Waals surface area contributed by atoms with Crippen molar-refractivity contribution in [2.45, 2.75) is 26.7 Å². The number of hydrogen-bond acceptors (Lipinski definition) is 1. The topological polar surface area (TPSA) is 12.0 Å². The highest BCUT2D eigenvalue weighted by atomic mass is 19.1. The molecule has 0 heterocycles. The Morgan fingerprint density at radius 3 is 2.80 bits per heavy atom. The van der Waals surface area contributed by atoms with Crippen LogP contribution in [0.15, 0.2) is 24.3 Å². The van der Waals surface area contributed by atoms with Crippen LogP contribution < -0.4 is 5.32 Å². The van der Waals surface area contributed by atoms with E-state index in [2.05, 4.69) is 19.2 Å². The van der Waals surface area contributed by atoms with Gasteiger partial charge in [-0.25, -0.2) is 4.39 Å². The monoisotopic (exact) mass is 209 g/mol. The Labute approximate surface area is 91.7 Å². The van der Waals surface area contributed by atoms with Crippen LogP contribution in [0.25, 0.3) is 0 Å². The lowest BCUT2D eigenvalue weighted by Gasteiger charge is -2.07. The molecule has 1 aromatic rings. The molecule has 0 bridgehead atoms. The molecule has 0 atom stereocenters. The number of benzene rings is 1. The normalized spacial score (nSPS) is 10.9. The number of nitrogens with one attached hydrogen (secondary N) is 1. The first-order valence-corrected chi connectivity index (χ1v) is 5.63. The Kier molecular flexibility index (Phi) is 5.33. The summed E-state index contributed by atoms with van der Waals surface area (Å²) in [6.07, 6.45) is 2.01. The lowest BCUT2D eigenvalue weighted by molar-refractivity contribution is 0.542. The van der Waals surface area contributed by atoms with E-state index in [0.717, 1.165) is 31.5 Å². The zero-order chi connectivity index (χ0) is 11.1. The maximum atomic E-state index is 12.8. The van der Waals surface area contributed by atoms with E-state index in [1.807, 2.05) is 6.07 Å². The fourth-order valence-electron chi connectivity index (χ4n) is 1.50. The van der Waals surface area contributed by atoms with Crippen molar-refractivity contribution < 1.29 is 4.39 Å². The molecule has 0 saturated heterocycles. The van der Waals surface area contributed by atoms with Crippen LogP contribution in [0, 0.1) is 11.7 Å². The maximum absolute atomic E-state index is 12.8. The number of rotatable bonds is 6. The van der Waals surface area contributed by atoms with Gasteiger partial charge in [0.25, 0.3) is 0 Å². The molecule has 84 valence electrons. The summed E-state index contributed by atoms with van der Waals surface area (Å²) in [5.41, 5.74) is 1.08. The molecule has 0 saturated carbocycles. The van der Waals surface area contributed by atoms with Crippen LogP contribution in [0.2, 0.25) is 0 Å². The van der Waals surface area contributed by atoms with Crippen molar-refractivity contribution in [2.24, 2.45) is 5.92 Å². The molecule has 0 fully saturated rings. The molecule has 1 N–H and O–H groups in total. The Balaban J connectivity index is 2.15. The second-order valence-corrected chi connectivity index (χ2v) is 4.33. The van der Waals surface area contributed by atoms with Crippen LogP contribution >= 0.6 is 0 Å². The standard InChI is InChI=1S/C13H20FN/c1-11(2)10-15-8-4-6-12-5-3-7-13(14)9-12/h3,5,7,9,11,15H,4,6,8,10H2,1-2H3. The first-order chi connectivity index (χ1) is 7.18. The summed E-state index contributed by atoms with van der Waals surface area (Å²) in [5.74, 6) is 0.557. The van der Waals surface area contributed by atoms with E-state index in [-0.39, 0.29) is 5.82 Å². The minimum atomic E-state index is -0.136. The van der Waals surface area contributed by atoms with Crippen LogP contribution in [0.3, 0.4) is 0 Å². The smallest absolute Gasteiger partial charge is 0.123 e. The molecule has 0 aromatic heterocycles. The van der Waals surface area contributed by atoms with Crippen LogP contribution in [-0.4, -0.2) is 13.1 Å². The molecule has 0 aliphatic heterocycles. The van der Waals surface area contributed by atoms with E-state index in [1.165, 1.54) is 6.07 Å². The SMILES string of the molecule is CC(C)CNCCCc1cccc(F)c1. The highest BCUT2D eigenvalue weighted by Gasteiger charge is 1.96. The molecule has 0 aliphatic rings. The third kappa shape index (κ3) is 5.53. The lowest BCUT2D eigenvalue weighted by Crippen LogP contribution is -2.21. The Hall–Kier alpha value is -0.890. The van der Waals surface area contributed by atoms with Crippen molar-refractivity contribution >= 4 is 0 Å². The molecule has 0 spiro atoms. The van der Waals surface area contributed by atoms with Gasteiger partial charge in [-0.3, -0.25) is 0 Å². The summed E-state index contributed by atoms with van der Waals surface area (Å²) < 4.78 is 12.8. The number of halogens is 1. The summed E-state index contributed by atoms with van der Waals surface area (Å²) in [7, 11) is 0. The number of hydrogen-bond donors (Lipinski definition) is 1. The van der Waals surface area contributed by atoms with E-state index in [0.29, 0.717) is 5.92 Å². The average molecular weight is 209 g/mol. The van der Waals surface area contributed by atoms with Crippen molar-refractivity contribution in [3.8, 4) is 0 Å². The molecule has 0 amide bonds. The first-order valence-electron chi connectivity index (χ1n) is 5.63. The largest absolute Gasteiger partial charge is 0.316 e. The van der Waals surface area contributed by atoms with Gasteiger partial charge in [-0.15, -0.1) is 0 Å². The second-order valence-electron chi connectivity index (χ2n) is 4.33. The summed E-state index contributed by atoms with van der Waals surface area (Å²) in [6, 6.07) is 6.85. The Morgan fingerprint density at radius 2 is 2.13 bits per heavy atom. The van der Waals surface area contributed by atoms with Gasteiger partial charge in [-0.05, 0) is 49.5 Å². The predicted octanol–water partition coefficient (Wildman–Crippen LogP) is 3.00. The van der Waals surface area contributed by atoms with Gasteiger partial charge in [0.1, 0.15) is 5.82 Å². The molecule has 1 nitrogen and oxygen atoms in total. The van der Waals surface area contributed by atoms with Gasteiger partial charge in [-0.1, -0.05) is 26.0 Å². The quantitative estimate of drug-likeness (QED) is 0.710. The minimum Gasteiger partial charge on any atom is -0.316 e. The van der Waals surface area contributed by atoms with E-state index in [1.54, 1.807) is 12.1 Å². The molecular formula is C13H20FN. The summed E-state index contributed by atoms with van der Waals surface area (Å²) >= 11 is 0. The fraction of sp³-hybridized carbons (Fsp3) is 0.538. The van der Waals surface area contributed by atoms with E-state index in [9.17, 15) is 4.39 Å². The van der Waals surface area contributed by atoms with Crippen molar-refractivity contribution in [2.75, 3.05) is 13.1 Å². The minimum absolute atomic E-state index is 0.136. The Bertz CT molecular complexity index is 284. The molecule has 0 aliphatic carbocycles.